The van der Waals surface area contributed by atoms with Crippen molar-refractivity contribution >= 4 is 11.7 Å². The summed E-state index contributed by atoms with van der Waals surface area (Å²) in [6.07, 6.45) is 1.09. The van der Waals surface area contributed by atoms with E-state index in [0.717, 1.165) is 5.56 Å². The van der Waals surface area contributed by atoms with Gasteiger partial charge in [0.15, 0.2) is 0 Å². The Labute approximate surface area is 107 Å². The predicted octanol–water partition coefficient (Wildman–Crippen LogP) is 1.11. The Morgan fingerprint density at radius 3 is 2.89 bits per heavy atom. The number of carboxylic acid groups (broad SMARTS) is 1. The molecular weight excluding hydrogens is 252 g/mol. The molecule has 0 aliphatic heterocycles. The first-order valence-electron chi connectivity index (χ1n) is 5.36. The number of nitrogens with zero attached hydrogens (tertiary/aromatic N) is 4. The second kappa shape index (κ2) is 4.84. The summed E-state index contributed by atoms with van der Waals surface area (Å²) in [5, 5.41) is 27.0. The summed E-state index contributed by atoms with van der Waals surface area (Å²) in [7, 11) is 0. The van der Waals surface area contributed by atoms with Crippen LogP contribution in [0.4, 0.5) is 5.69 Å². The minimum absolute atomic E-state index is 0.105. The molecule has 1 heterocycles. The molecule has 0 unspecified atom stereocenters. The Hall–Kier alpha value is -2.77. The van der Waals surface area contributed by atoms with Gasteiger partial charge in [0.05, 0.1) is 23.2 Å². The summed E-state index contributed by atoms with van der Waals surface area (Å²) < 4.78 is 1.20. The number of aryl methyl sites for hydroxylation is 1. The van der Waals surface area contributed by atoms with Crippen molar-refractivity contribution in [2.45, 2.75) is 13.3 Å². The largest absolute Gasteiger partial charge is 0.481 e. The molecule has 0 amide bonds. The van der Waals surface area contributed by atoms with Crippen LogP contribution in [-0.2, 0) is 11.2 Å². The van der Waals surface area contributed by atoms with Crippen molar-refractivity contribution in [3.05, 3.63) is 45.8 Å². The number of carboxylic acids is 1. The summed E-state index contributed by atoms with van der Waals surface area (Å²) in [6, 6.07) is 4.68. The molecule has 19 heavy (non-hydrogen) atoms. The number of rotatable bonds is 4. The lowest BCUT2D eigenvalue weighted by atomic mass is 10.2. The van der Waals surface area contributed by atoms with Crippen molar-refractivity contribution in [3.8, 4) is 5.69 Å². The number of carbonyl (C=O) groups is 1. The first-order valence-corrected chi connectivity index (χ1v) is 5.36. The Morgan fingerprint density at radius 2 is 2.26 bits per heavy atom. The molecule has 1 aromatic carbocycles. The van der Waals surface area contributed by atoms with Gasteiger partial charge in [-0.05, 0) is 18.6 Å². The summed E-state index contributed by atoms with van der Waals surface area (Å²) in [5.41, 5.74) is 1.13. The van der Waals surface area contributed by atoms with E-state index in [4.69, 9.17) is 5.11 Å². The highest BCUT2D eigenvalue weighted by Crippen LogP contribution is 2.23. The highest BCUT2D eigenvalue weighted by molar-refractivity contribution is 5.69. The van der Waals surface area contributed by atoms with E-state index in [2.05, 4.69) is 10.3 Å². The molecule has 0 aliphatic rings. The first-order chi connectivity index (χ1) is 8.97. The quantitative estimate of drug-likeness (QED) is 0.652. The maximum atomic E-state index is 11.0. The van der Waals surface area contributed by atoms with Crippen molar-refractivity contribution in [1.82, 2.24) is 15.0 Å². The lowest BCUT2D eigenvalue weighted by Gasteiger charge is -2.02. The number of hydrogen-bond donors (Lipinski definition) is 1. The SMILES string of the molecule is Cc1ccc(-n2cc(CC(=O)O)nn2)c([N+](=O)[O-])c1. The third-order valence-electron chi connectivity index (χ3n) is 2.45. The van der Waals surface area contributed by atoms with Crippen LogP contribution in [0.5, 0.6) is 0 Å². The van der Waals surface area contributed by atoms with E-state index >= 15 is 0 Å². The summed E-state index contributed by atoms with van der Waals surface area (Å²) in [6.45, 7) is 1.74. The van der Waals surface area contributed by atoms with Gasteiger partial charge in [0.25, 0.3) is 5.69 Å². The van der Waals surface area contributed by atoms with E-state index in [1.165, 1.54) is 16.9 Å². The molecule has 0 fully saturated rings. The maximum Gasteiger partial charge on any atom is 0.309 e. The Balaban J connectivity index is 2.44. The van der Waals surface area contributed by atoms with Crippen LogP contribution in [0.1, 0.15) is 11.3 Å². The van der Waals surface area contributed by atoms with Gasteiger partial charge in [0, 0.05) is 6.07 Å². The van der Waals surface area contributed by atoms with Gasteiger partial charge < -0.3 is 5.11 Å². The molecule has 1 aromatic heterocycles. The number of aliphatic carboxylic acids is 1. The molecular formula is C11H10N4O4. The van der Waals surface area contributed by atoms with E-state index in [-0.39, 0.29) is 23.5 Å². The lowest BCUT2D eigenvalue weighted by molar-refractivity contribution is -0.384. The first kappa shape index (κ1) is 12.7. The Morgan fingerprint density at radius 1 is 1.53 bits per heavy atom. The molecule has 0 saturated heterocycles. The fourth-order valence-electron chi connectivity index (χ4n) is 1.63. The predicted molar refractivity (Wildman–Crippen MR) is 64.1 cm³/mol. The van der Waals surface area contributed by atoms with Gasteiger partial charge in [0.1, 0.15) is 5.69 Å². The molecule has 0 saturated carbocycles. The summed E-state index contributed by atoms with van der Waals surface area (Å²) >= 11 is 0. The van der Waals surface area contributed by atoms with Crippen LogP contribution in [0.2, 0.25) is 0 Å². The van der Waals surface area contributed by atoms with E-state index in [0.29, 0.717) is 0 Å². The monoisotopic (exact) mass is 262 g/mol. The number of benzene rings is 1. The normalized spacial score (nSPS) is 10.4. The molecule has 0 atom stereocenters. The van der Waals surface area contributed by atoms with Crippen molar-refractivity contribution in [3.63, 3.8) is 0 Å². The van der Waals surface area contributed by atoms with Crippen LogP contribution < -0.4 is 0 Å². The molecule has 2 rings (SSSR count). The van der Waals surface area contributed by atoms with Crippen LogP contribution in [0.25, 0.3) is 5.69 Å². The van der Waals surface area contributed by atoms with Gasteiger partial charge in [-0.1, -0.05) is 11.3 Å². The number of nitro groups is 1. The fraction of sp³-hybridized carbons (Fsp3) is 0.182. The van der Waals surface area contributed by atoms with Gasteiger partial charge in [-0.25, -0.2) is 4.68 Å². The Bertz CT molecular complexity index is 650. The van der Waals surface area contributed by atoms with Gasteiger partial charge in [-0.3, -0.25) is 14.9 Å². The fourth-order valence-corrected chi connectivity index (χ4v) is 1.63. The van der Waals surface area contributed by atoms with Crippen LogP contribution in [0.3, 0.4) is 0 Å². The van der Waals surface area contributed by atoms with E-state index in [9.17, 15) is 14.9 Å². The van der Waals surface area contributed by atoms with E-state index in [1.807, 2.05) is 0 Å². The molecule has 0 radical (unpaired) electrons. The second-order valence-corrected chi connectivity index (χ2v) is 3.97. The van der Waals surface area contributed by atoms with Crippen molar-refractivity contribution < 1.29 is 14.8 Å². The molecule has 0 aliphatic carbocycles. The van der Waals surface area contributed by atoms with Crippen molar-refractivity contribution in [2.75, 3.05) is 0 Å². The summed E-state index contributed by atoms with van der Waals surface area (Å²) in [5.74, 6) is -1.04. The van der Waals surface area contributed by atoms with Crippen molar-refractivity contribution in [2.24, 2.45) is 0 Å². The third kappa shape index (κ3) is 2.73. The second-order valence-electron chi connectivity index (χ2n) is 3.97. The van der Waals surface area contributed by atoms with Crippen LogP contribution in [0.15, 0.2) is 24.4 Å². The number of hydrogen-bond acceptors (Lipinski definition) is 5. The third-order valence-corrected chi connectivity index (χ3v) is 2.45. The highest BCUT2D eigenvalue weighted by Gasteiger charge is 2.17. The molecule has 0 bridgehead atoms. The smallest absolute Gasteiger partial charge is 0.309 e. The zero-order valence-electron chi connectivity index (χ0n) is 9.98. The van der Waals surface area contributed by atoms with Crippen molar-refractivity contribution in [1.29, 1.82) is 0 Å². The minimum Gasteiger partial charge on any atom is -0.481 e. The van der Waals surface area contributed by atoms with Gasteiger partial charge in [-0.15, -0.1) is 5.10 Å². The van der Waals surface area contributed by atoms with Crippen LogP contribution in [-0.4, -0.2) is 31.0 Å². The molecule has 8 heteroatoms. The molecule has 2 aromatic rings. The minimum atomic E-state index is -1.04. The zero-order chi connectivity index (χ0) is 14.0. The average Bonchev–Trinajstić information content (AvgIpc) is 2.76. The molecule has 0 spiro atoms. The highest BCUT2D eigenvalue weighted by atomic mass is 16.6. The lowest BCUT2D eigenvalue weighted by Crippen LogP contribution is -2.01. The van der Waals surface area contributed by atoms with Crippen LogP contribution in [0, 0.1) is 17.0 Å². The van der Waals surface area contributed by atoms with Gasteiger partial charge in [0.2, 0.25) is 0 Å². The standard InChI is InChI=1S/C11H10N4O4/c1-7-2-3-9(10(4-7)15(18)19)14-6-8(12-13-14)5-11(16)17/h2-4,6H,5H2,1H3,(H,16,17). The maximum absolute atomic E-state index is 11.0. The topological polar surface area (TPSA) is 111 Å². The van der Waals surface area contributed by atoms with E-state index in [1.54, 1.807) is 19.1 Å². The van der Waals surface area contributed by atoms with Gasteiger partial charge in [-0.2, -0.15) is 0 Å². The average molecular weight is 262 g/mol. The zero-order valence-corrected chi connectivity index (χ0v) is 9.98. The van der Waals surface area contributed by atoms with Crippen LogP contribution >= 0.6 is 0 Å². The number of nitro benzene ring substituents is 1. The summed E-state index contributed by atoms with van der Waals surface area (Å²) in [4.78, 5) is 21.0. The number of aromatic nitrogens is 3. The molecule has 8 nitrogen and oxygen atoms in total. The van der Waals surface area contributed by atoms with E-state index < -0.39 is 10.9 Å². The Kier molecular flexibility index (Phi) is 3.23. The molecule has 1 N–H and O–H groups in total. The molecule has 98 valence electrons. The van der Waals surface area contributed by atoms with Gasteiger partial charge >= 0.3 is 5.97 Å².